The Hall–Kier alpha value is -1.78. The van der Waals surface area contributed by atoms with E-state index < -0.39 is 0 Å². The average molecular weight is 518 g/mol. The van der Waals surface area contributed by atoms with Crippen LogP contribution < -0.4 is 15.5 Å². The van der Waals surface area contributed by atoms with Crippen molar-refractivity contribution >= 4 is 41.8 Å². The molecule has 1 fully saturated rings. The van der Waals surface area contributed by atoms with Gasteiger partial charge in [-0.25, -0.2) is 9.78 Å². The first-order valence-corrected chi connectivity index (χ1v) is 10.2. The first kappa shape index (κ1) is 25.3. The van der Waals surface area contributed by atoms with Gasteiger partial charge < -0.3 is 25.2 Å². The maximum Gasteiger partial charge on any atom is 0.409 e. The predicted octanol–water partition coefficient (Wildman–Crippen LogP) is 2.83. The van der Waals surface area contributed by atoms with Crippen molar-refractivity contribution in [3.05, 3.63) is 23.9 Å². The van der Waals surface area contributed by atoms with Gasteiger partial charge in [-0.2, -0.15) is 0 Å². The molecule has 164 valence electrons. The van der Waals surface area contributed by atoms with E-state index in [0.29, 0.717) is 32.3 Å². The summed E-state index contributed by atoms with van der Waals surface area (Å²) in [6.45, 7) is 10.5. The Balaban J connectivity index is 0.00000420. The van der Waals surface area contributed by atoms with Gasteiger partial charge in [0.15, 0.2) is 5.96 Å². The zero-order valence-corrected chi connectivity index (χ0v) is 20.3. The summed E-state index contributed by atoms with van der Waals surface area (Å²) in [4.78, 5) is 24.6. The number of halogens is 1. The number of likely N-dealkylation sites (tertiary alicyclic amines) is 1. The highest BCUT2D eigenvalue weighted by molar-refractivity contribution is 14.0. The van der Waals surface area contributed by atoms with Gasteiger partial charge in [-0.15, -0.1) is 24.0 Å². The summed E-state index contributed by atoms with van der Waals surface area (Å²) in [5.74, 6) is 1.77. The molecule has 2 N–H and O–H groups in total. The van der Waals surface area contributed by atoms with Crippen LogP contribution in [0.3, 0.4) is 0 Å². The SMILES string of the molecule is CCOC(=O)N1CCC(NC(=NC)NCc2ccc(N(CC)CC)nc2)CC1.I. The number of nitrogens with one attached hydrogen (secondary N) is 2. The number of hydrogen-bond acceptors (Lipinski definition) is 5. The minimum Gasteiger partial charge on any atom is -0.450 e. The lowest BCUT2D eigenvalue weighted by atomic mass is 10.1. The summed E-state index contributed by atoms with van der Waals surface area (Å²) in [5, 5.41) is 6.79. The van der Waals surface area contributed by atoms with Crippen LogP contribution in [0.1, 0.15) is 39.2 Å². The third-order valence-corrected chi connectivity index (χ3v) is 4.94. The number of nitrogens with zero attached hydrogens (tertiary/aromatic N) is 4. The molecule has 0 aromatic carbocycles. The Kier molecular flexibility index (Phi) is 11.7. The van der Waals surface area contributed by atoms with E-state index in [1.807, 2.05) is 13.1 Å². The molecule has 0 radical (unpaired) electrons. The third-order valence-electron chi connectivity index (χ3n) is 4.94. The number of carbonyl (C=O) groups is 1. The van der Waals surface area contributed by atoms with Gasteiger partial charge in [-0.05, 0) is 45.2 Å². The number of hydrogen-bond donors (Lipinski definition) is 2. The minimum absolute atomic E-state index is 0. The Labute approximate surface area is 191 Å². The third kappa shape index (κ3) is 7.87. The zero-order valence-electron chi connectivity index (χ0n) is 18.0. The van der Waals surface area contributed by atoms with E-state index >= 15 is 0 Å². The van der Waals surface area contributed by atoms with E-state index in [1.165, 1.54) is 0 Å². The lowest BCUT2D eigenvalue weighted by Gasteiger charge is -2.32. The quantitative estimate of drug-likeness (QED) is 0.328. The number of amides is 1. The van der Waals surface area contributed by atoms with Crippen molar-refractivity contribution in [3.63, 3.8) is 0 Å². The summed E-state index contributed by atoms with van der Waals surface area (Å²) in [5.41, 5.74) is 1.11. The molecule has 29 heavy (non-hydrogen) atoms. The van der Waals surface area contributed by atoms with Gasteiger partial charge in [0.2, 0.25) is 0 Å². The lowest BCUT2D eigenvalue weighted by molar-refractivity contribution is 0.0963. The van der Waals surface area contributed by atoms with Gasteiger partial charge in [-0.3, -0.25) is 4.99 Å². The highest BCUT2D eigenvalue weighted by Crippen LogP contribution is 2.12. The Morgan fingerprint density at radius 1 is 1.28 bits per heavy atom. The fraction of sp³-hybridized carbons (Fsp3) is 0.650. The molecular formula is C20H35IN6O2. The summed E-state index contributed by atoms with van der Waals surface area (Å²) >= 11 is 0. The Bertz CT molecular complexity index is 628. The Morgan fingerprint density at radius 3 is 2.48 bits per heavy atom. The molecule has 1 amide bonds. The molecule has 2 heterocycles. The molecule has 9 heteroatoms. The molecule has 0 spiro atoms. The first-order valence-electron chi connectivity index (χ1n) is 10.2. The molecule has 1 aromatic rings. The summed E-state index contributed by atoms with van der Waals surface area (Å²) < 4.78 is 5.07. The van der Waals surface area contributed by atoms with Crippen LogP contribution in [0.4, 0.5) is 10.6 Å². The molecule has 0 atom stereocenters. The van der Waals surface area contributed by atoms with Crippen molar-refractivity contribution in [2.45, 2.75) is 46.2 Å². The minimum atomic E-state index is -0.218. The summed E-state index contributed by atoms with van der Waals surface area (Å²) in [6, 6.07) is 4.45. The number of guanidine groups is 1. The summed E-state index contributed by atoms with van der Waals surface area (Å²) in [6.07, 6.45) is 3.44. The van der Waals surface area contributed by atoms with Crippen molar-refractivity contribution in [3.8, 4) is 0 Å². The van der Waals surface area contributed by atoms with Crippen molar-refractivity contribution in [1.82, 2.24) is 20.5 Å². The highest BCUT2D eigenvalue weighted by atomic mass is 127. The van der Waals surface area contributed by atoms with Crippen LogP contribution in [-0.2, 0) is 11.3 Å². The fourth-order valence-corrected chi connectivity index (χ4v) is 3.25. The molecule has 0 saturated carbocycles. The second-order valence-electron chi connectivity index (χ2n) is 6.73. The normalized spacial score (nSPS) is 14.8. The molecule has 1 aliphatic rings. The Morgan fingerprint density at radius 2 is 1.97 bits per heavy atom. The van der Waals surface area contributed by atoms with E-state index in [2.05, 4.69) is 51.5 Å². The number of carbonyl (C=O) groups excluding carboxylic acids is 1. The second-order valence-corrected chi connectivity index (χ2v) is 6.73. The molecule has 0 bridgehead atoms. The maximum absolute atomic E-state index is 11.8. The summed E-state index contributed by atoms with van der Waals surface area (Å²) in [7, 11) is 1.77. The fourth-order valence-electron chi connectivity index (χ4n) is 3.25. The first-order chi connectivity index (χ1) is 13.6. The average Bonchev–Trinajstić information content (AvgIpc) is 2.73. The number of rotatable bonds is 7. The number of piperidine rings is 1. The maximum atomic E-state index is 11.8. The number of pyridine rings is 1. The molecule has 8 nitrogen and oxygen atoms in total. The van der Waals surface area contributed by atoms with Crippen LogP contribution in [0.25, 0.3) is 0 Å². The van der Waals surface area contributed by atoms with Gasteiger partial charge in [0.25, 0.3) is 0 Å². The smallest absolute Gasteiger partial charge is 0.409 e. The monoisotopic (exact) mass is 518 g/mol. The van der Waals surface area contributed by atoms with E-state index in [0.717, 1.165) is 43.3 Å². The predicted molar refractivity (Wildman–Crippen MR) is 128 cm³/mol. The van der Waals surface area contributed by atoms with Gasteiger partial charge in [0, 0.05) is 52.0 Å². The van der Waals surface area contributed by atoms with Gasteiger partial charge in [0.05, 0.1) is 6.61 Å². The van der Waals surface area contributed by atoms with Crippen molar-refractivity contribution < 1.29 is 9.53 Å². The molecular weight excluding hydrogens is 483 g/mol. The van der Waals surface area contributed by atoms with Crippen LogP contribution in [0.15, 0.2) is 23.3 Å². The highest BCUT2D eigenvalue weighted by Gasteiger charge is 2.24. The van der Waals surface area contributed by atoms with Crippen LogP contribution in [-0.4, -0.2) is 67.8 Å². The molecule has 0 aliphatic carbocycles. The van der Waals surface area contributed by atoms with Gasteiger partial charge >= 0.3 is 6.09 Å². The topological polar surface area (TPSA) is 82.1 Å². The second kappa shape index (κ2) is 13.4. The van der Waals surface area contributed by atoms with Crippen LogP contribution >= 0.6 is 24.0 Å². The molecule has 1 aromatic heterocycles. The van der Waals surface area contributed by atoms with E-state index in [1.54, 1.807) is 11.9 Å². The number of ether oxygens (including phenoxy) is 1. The van der Waals surface area contributed by atoms with Crippen LogP contribution in [0, 0.1) is 0 Å². The van der Waals surface area contributed by atoms with E-state index in [9.17, 15) is 4.79 Å². The van der Waals surface area contributed by atoms with E-state index in [-0.39, 0.29) is 30.1 Å². The molecule has 1 aliphatic heterocycles. The molecule has 2 rings (SSSR count). The standard InChI is InChI=1S/C20H34N6O2.HI/c1-5-25(6-2)18-9-8-16(14-22-18)15-23-19(21-4)24-17-10-12-26(13-11-17)20(27)28-7-3;/h8-9,14,17H,5-7,10-13,15H2,1-4H3,(H2,21,23,24);1H. The molecule has 0 unspecified atom stereocenters. The van der Waals surface area contributed by atoms with Gasteiger partial charge in [0.1, 0.15) is 5.82 Å². The van der Waals surface area contributed by atoms with Crippen molar-refractivity contribution in [2.24, 2.45) is 4.99 Å². The number of aromatic nitrogens is 1. The zero-order chi connectivity index (χ0) is 20.4. The van der Waals surface area contributed by atoms with E-state index in [4.69, 9.17) is 4.74 Å². The molecule has 1 saturated heterocycles. The number of anilines is 1. The largest absolute Gasteiger partial charge is 0.450 e. The van der Waals surface area contributed by atoms with Crippen LogP contribution in [0.5, 0.6) is 0 Å². The van der Waals surface area contributed by atoms with Crippen molar-refractivity contribution in [1.29, 1.82) is 0 Å². The van der Waals surface area contributed by atoms with Gasteiger partial charge in [-0.1, -0.05) is 6.07 Å². The number of aliphatic imine (C=N–C) groups is 1. The van der Waals surface area contributed by atoms with Crippen LogP contribution in [0.2, 0.25) is 0 Å². The van der Waals surface area contributed by atoms with Crippen molar-refractivity contribution in [2.75, 3.05) is 44.7 Å². The lowest BCUT2D eigenvalue weighted by Crippen LogP contribution is -2.49.